The molecule has 0 aromatic rings. The molecule has 0 nitrogen and oxygen atoms in total. The smallest absolute Gasteiger partial charge is 0.0370 e. The van der Waals surface area contributed by atoms with E-state index < -0.39 is 0 Å². The first kappa shape index (κ1) is 10.3. The van der Waals surface area contributed by atoms with Gasteiger partial charge < -0.3 is 0 Å². The van der Waals surface area contributed by atoms with E-state index in [9.17, 15) is 0 Å². The van der Waals surface area contributed by atoms with Crippen molar-refractivity contribution in [3.05, 3.63) is 0 Å². The van der Waals surface area contributed by atoms with Crippen molar-refractivity contribution >= 4 is 8.80 Å². The topological polar surface area (TPSA) is 0 Å². The maximum absolute atomic E-state index is 2.39. The molecule has 0 unspecified atom stereocenters. The SMILES string of the molecule is CCC1CC[SiH](CC(C)C)CC1. The molecular formula is C11H24Si. The minimum atomic E-state index is -0.236. The molecule has 1 fully saturated rings. The van der Waals surface area contributed by atoms with E-state index in [-0.39, 0.29) is 8.80 Å². The van der Waals surface area contributed by atoms with Crippen LogP contribution in [0, 0.1) is 11.8 Å². The van der Waals surface area contributed by atoms with Crippen molar-refractivity contribution in [2.24, 2.45) is 11.8 Å². The summed E-state index contributed by atoms with van der Waals surface area (Å²) in [6.45, 7) is 7.13. The van der Waals surface area contributed by atoms with Gasteiger partial charge in [-0.2, -0.15) is 0 Å². The quantitative estimate of drug-likeness (QED) is 0.587. The summed E-state index contributed by atoms with van der Waals surface area (Å²) >= 11 is 0. The predicted molar refractivity (Wildman–Crippen MR) is 59.4 cm³/mol. The van der Waals surface area contributed by atoms with Gasteiger partial charge in [0.1, 0.15) is 0 Å². The highest BCUT2D eigenvalue weighted by molar-refractivity contribution is 6.59. The lowest BCUT2D eigenvalue weighted by atomic mass is 10.0. The van der Waals surface area contributed by atoms with E-state index in [0.717, 1.165) is 11.8 Å². The van der Waals surface area contributed by atoms with Gasteiger partial charge in [0.15, 0.2) is 0 Å². The Morgan fingerprint density at radius 2 is 1.83 bits per heavy atom. The third kappa shape index (κ3) is 3.30. The molecule has 1 heterocycles. The summed E-state index contributed by atoms with van der Waals surface area (Å²) < 4.78 is 0. The number of hydrogen-bond donors (Lipinski definition) is 0. The van der Waals surface area contributed by atoms with Crippen LogP contribution in [0.4, 0.5) is 0 Å². The first-order chi connectivity index (χ1) is 5.72. The van der Waals surface area contributed by atoms with Gasteiger partial charge in [0.25, 0.3) is 0 Å². The maximum atomic E-state index is 2.39. The average Bonchev–Trinajstić information content (AvgIpc) is 2.05. The van der Waals surface area contributed by atoms with Gasteiger partial charge in [0.05, 0.1) is 0 Å². The van der Waals surface area contributed by atoms with Gasteiger partial charge in [-0.05, 0) is 11.8 Å². The van der Waals surface area contributed by atoms with E-state index in [1.165, 1.54) is 6.42 Å². The monoisotopic (exact) mass is 184 g/mol. The molecule has 1 aliphatic heterocycles. The van der Waals surface area contributed by atoms with Crippen molar-refractivity contribution in [2.75, 3.05) is 0 Å². The van der Waals surface area contributed by atoms with Crippen molar-refractivity contribution < 1.29 is 0 Å². The molecule has 0 N–H and O–H groups in total. The molecule has 0 aliphatic carbocycles. The second-order valence-electron chi connectivity index (χ2n) is 4.92. The van der Waals surface area contributed by atoms with Crippen LogP contribution in [0.25, 0.3) is 0 Å². The highest BCUT2D eigenvalue weighted by Crippen LogP contribution is 2.30. The lowest BCUT2D eigenvalue weighted by Crippen LogP contribution is -2.22. The maximum Gasteiger partial charge on any atom is 0.0370 e. The Hall–Kier alpha value is 0.217. The summed E-state index contributed by atoms with van der Waals surface area (Å²) in [6, 6.07) is 4.91. The molecule has 0 amide bonds. The molecule has 1 saturated heterocycles. The minimum Gasteiger partial charge on any atom is -0.0651 e. The number of rotatable bonds is 3. The Morgan fingerprint density at radius 1 is 1.25 bits per heavy atom. The Kier molecular flexibility index (Phi) is 4.34. The molecule has 0 aromatic carbocycles. The van der Waals surface area contributed by atoms with Crippen LogP contribution in [0.1, 0.15) is 40.0 Å². The molecule has 0 atom stereocenters. The zero-order valence-electron chi connectivity index (χ0n) is 8.97. The highest BCUT2D eigenvalue weighted by Gasteiger charge is 2.21. The van der Waals surface area contributed by atoms with Crippen LogP contribution >= 0.6 is 0 Å². The second kappa shape index (κ2) is 5.06. The van der Waals surface area contributed by atoms with Crippen molar-refractivity contribution in [3.8, 4) is 0 Å². The zero-order valence-corrected chi connectivity index (χ0v) is 10.1. The lowest BCUT2D eigenvalue weighted by molar-refractivity contribution is 0.454. The molecule has 12 heavy (non-hydrogen) atoms. The van der Waals surface area contributed by atoms with Gasteiger partial charge in [0.2, 0.25) is 0 Å². The highest BCUT2D eigenvalue weighted by atomic mass is 28.3. The van der Waals surface area contributed by atoms with Crippen LogP contribution in [0.3, 0.4) is 0 Å². The van der Waals surface area contributed by atoms with E-state index in [4.69, 9.17) is 0 Å². The summed E-state index contributed by atoms with van der Waals surface area (Å²) in [5.74, 6) is 2.07. The predicted octanol–water partition coefficient (Wildman–Crippen LogP) is 3.69. The van der Waals surface area contributed by atoms with E-state index in [1.807, 2.05) is 0 Å². The van der Waals surface area contributed by atoms with E-state index in [0.29, 0.717) is 0 Å². The standard InChI is InChI=1S/C11H24Si/c1-4-11-5-7-12(8-6-11)9-10(2)3/h10-12H,4-9H2,1-3H3. The Balaban J connectivity index is 2.17. The third-order valence-electron chi connectivity index (χ3n) is 3.35. The fourth-order valence-corrected chi connectivity index (χ4v) is 6.52. The van der Waals surface area contributed by atoms with Gasteiger partial charge in [-0.1, -0.05) is 58.2 Å². The molecule has 0 radical (unpaired) electrons. The molecule has 1 aliphatic rings. The van der Waals surface area contributed by atoms with Crippen LogP contribution in [0.15, 0.2) is 0 Å². The Labute approximate surface area is 79.4 Å². The van der Waals surface area contributed by atoms with E-state index in [2.05, 4.69) is 20.8 Å². The fraction of sp³-hybridized carbons (Fsp3) is 1.00. The van der Waals surface area contributed by atoms with Crippen molar-refractivity contribution in [3.63, 3.8) is 0 Å². The minimum absolute atomic E-state index is 0.236. The molecule has 72 valence electrons. The van der Waals surface area contributed by atoms with Crippen molar-refractivity contribution in [1.29, 1.82) is 0 Å². The average molecular weight is 184 g/mol. The summed E-state index contributed by atoms with van der Waals surface area (Å²) in [6.07, 6.45) is 4.57. The fourth-order valence-electron chi connectivity index (χ4n) is 2.54. The second-order valence-corrected chi connectivity index (χ2v) is 8.28. The van der Waals surface area contributed by atoms with Crippen molar-refractivity contribution in [1.82, 2.24) is 0 Å². The molecule has 0 aromatic heterocycles. The molecular weight excluding hydrogens is 160 g/mol. The third-order valence-corrected chi connectivity index (χ3v) is 7.26. The van der Waals surface area contributed by atoms with Crippen LogP contribution < -0.4 is 0 Å². The van der Waals surface area contributed by atoms with Crippen LogP contribution in [-0.4, -0.2) is 8.80 Å². The van der Waals surface area contributed by atoms with Crippen LogP contribution in [0.5, 0.6) is 0 Å². The van der Waals surface area contributed by atoms with Gasteiger partial charge in [-0.25, -0.2) is 0 Å². The molecule has 1 rings (SSSR count). The molecule has 1 heteroatoms. The summed E-state index contributed by atoms with van der Waals surface area (Å²) in [5, 5.41) is 0. The molecule has 0 spiro atoms. The summed E-state index contributed by atoms with van der Waals surface area (Å²) in [4.78, 5) is 0. The lowest BCUT2D eigenvalue weighted by Gasteiger charge is -2.27. The van der Waals surface area contributed by atoms with Crippen molar-refractivity contribution in [2.45, 2.75) is 58.2 Å². The molecule has 0 bridgehead atoms. The van der Waals surface area contributed by atoms with Gasteiger partial charge >= 0.3 is 0 Å². The van der Waals surface area contributed by atoms with Crippen LogP contribution in [0.2, 0.25) is 18.1 Å². The molecule has 0 saturated carbocycles. The largest absolute Gasteiger partial charge is 0.0651 e. The van der Waals surface area contributed by atoms with Gasteiger partial charge in [-0.15, -0.1) is 0 Å². The Bertz CT molecular complexity index is 112. The first-order valence-corrected chi connectivity index (χ1v) is 8.17. The van der Waals surface area contributed by atoms with E-state index in [1.54, 1.807) is 31.0 Å². The van der Waals surface area contributed by atoms with E-state index >= 15 is 0 Å². The van der Waals surface area contributed by atoms with Gasteiger partial charge in [0, 0.05) is 8.80 Å². The van der Waals surface area contributed by atoms with Crippen LogP contribution in [-0.2, 0) is 0 Å². The Morgan fingerprint density at radius 3 is 2.25 bits per heavy atom. The van der Waals surface area contributed by atoms with Gasteiger partial charge in [-0.3, -0.25) is 0 Å². The summed E-state index contributed by atoms with van der Waals surface area (Å²) in [7, 11) is -0.236. The number of hydrogen-bond acceptors (Lipinski definition) is 0. The normalized spacial score (nSPS) is 31.0. The summed E-state index contributed by atoms with van der Waals surface area (Å²) in [5.41, 5.74) is 0. The zero-order chi connectivity index (χ0) is 8.97. The first-order valence-electron chi connectivity index (χ1n) is 5.72.